The Balaban J connectivity index is 2.05. The average molecular weight is 269 g/mol. The molecule has 0 saturated carbocycles. The minimum atomic E-state index is 0.0633. The summed E-state index contributed by atoms with van der Waals surface area (Å²) < 4.78 is 5.13. The molecule has 0 saturated heterocycles. The van der Waals surface area contributed by atoms with Crippen molar-refractivity contribution in [1.82, 2.24) is 0 Å². The maximum absolute atomic E-state index is 12.2. The van der Waals surface area contributed by atoms with Crippen molar-refractivity contribution in [2.45, 2.75) is 12.8 Å². The molecule has 4 nitrogen and oxygen atoms in total. The van der Waals surface area contributed by atoms with Crippen molar-refractivity contribution in [2.75, 3.05) is 12.0 Å². The van der Waals surface area contributed by atoms with Gasteiger partial charge < -0.3 is 9.84 Å². The summed E-state index contributed by atoms with van der Waals surface area (Å²) in [5.41, 5.74) is 2.63. The van der Waals surface area contributed by atoms with Crippen molar-refractivity contribution < 1.29 is 14.6 Å². The molecule has 3 rings (SSSR count). The minimum Gasteiger partial charge on any atom is -0.508 e. The van der Waals surface area contributed by atoms with E-state index in [0.717, 1.165) is 22.7 Å². The number of hydrogen-bond donors (Lipinski definition) is 1. The summed E-state index contributed by atoms with van der Waals surface area (Å²) in [5, 5.41) is 9.56. The molecule has 0 atom stereocenters. The van der Waals surface area contributed by atoms with Gasteiger partial charge in [-0.15, -0.1) is 0 Å². The second kappa shape index (κ2) is 4.89. The van der Waals surface area contributed by atoms with E-state index in [2.05, 4.69) is 0 Å². The number of phenolic OH excluding ortho intramolecular Hbond substituents is 1. The van der Waals surface area contributed by atoms with Gasteiger partial charge in [0.25, 0.3) is 0 Å². The zero-order chi connectivity index (χ0) is 14.1. The Morgan fingerprint density at radius 2 is 1.85 bits per heavy atom. The molecule has 4 heteroatoms. The van der Waals surface area contributed by atoms with E-state index < -0.39 is 0 Å². The molecule has 0 spiro atoms. The van der Waals surface area contributed by atoms with E-state index in [1.54, 1.807) is 30.2 Å². The predicted molar refractivity (Wildman–Crippen MR) is 76.6 cm³/mol. The molecule has 0 radical (unpaired) electrons. The van der Waals surface area contributed by atoms with Crippen LogP contribution in [0.15, 0.2) is 42.5 Å². The van der Waals surface area contributed by atoms with Crippen LogP contribution in [-0.2, 0) is 11.2 Å². The van der Waals surface area contributed by atoms with Crippen LogP contribution in [0.1, 0.15) is 12.0 Å². The van der Waals surface area contributed by atoms with E-state index in [9.17, 15) is 9.90 Å². The highest BCUT2D eigenvalue weighted by Crippen LogP contribution is 2.36. The van der Waals surface area contributed by atoms with Crippen LogP contribution in [0.5, 0.6) is 11.5 Å². The monoisotopic (exact) mass is 269 g/mol. The van der Waals surface area contributed by atoms with E-state index in [-0.39, 0.29) is 11.7 Å². The Labute approximate surface area is 117 Å². The minimum absolute atomic E-state index is 0.0633. The van der Waals surface area contributed by atoms with Gasteiger partial charge in [0.1, 0.15) is 11.5 Å². The van der Waals surface area contributed by atoms with Gasteiger partial charge in [0, 0.05) is 12.1 Å². The lowest BCUT2D eigenvalue weighted by Gasteiger charge is -2.29. The molecule has 0 bridgehead atoms. The maximum Gasteiger partial charge on any atom is 0.231 e. The van der Waals surface area contributed by atoms with Gasteiger partial charge in [-0.05, 0) is 54.4 Å². The van der Waals surface area contributed by atoms with Crippen LogP contribution in [-0.4, -0.2) is 18.1 Å². The quantitative estimate of drug-likeness (QED) is 0.911. The third-order valence-corrected chi connectivity index (χ3v) is 3.49. The first kappa shape index (κ1) is 12.5. The van der Waals surface area contributed by atoms with Gasteiger partial charge in [0.2, 0.25) is 5.91 Å². The third-order valence-electron chi connectivity index (χ3n) is 3.49. The van der Waals surface area contributed by atoms with Crippen LogP contribution in [0.25, 0.3) is 0 Å². The second-order valence-electron chi connectivity index (χ2n) is 4.74. The number of nitrogens with zero attached hydrogens (tertiary/aromatic N) is 1. The normalized spacial score (nSPS) is 14.1. The molecular weight excluding hydrogens is 254 g/mol. The van der Waals surface area contributed by atoms with E-state index in [1.165, 1.54) is 0 Å². The van der Waals surface area contributed by atoms with Crippen LogP contribution < -0.4 is 9.64 Å². The van der Waals surface area contributed by atoms with Gasteiger partial charge in [-0.2, -0.15) is 0 Å². The van der Waals surface area contributed by atoms with Crippen LogP contribution in [0.3, 0.4) is 0 Å². The summed E-state index contributed by atoms with van der Waals surface area (Å²) in [7, 11) is 1.61. The number of amides is 1. The molecule has 0 aliphatic carbocycles. The molecule has 0 aromatic heterocycles. The molecule has 2 aromatic carbocycles. The standard InChI is InChI=1S/C16H15NO3/c1-20-14-6-3-12(4-7-14)17-15-8-5-13(18)10-11(15)2-9-16(17)19/h3-8,10,18H,2,9H2,1H3. The number of aryl methyl sites for hydroxylation is 1. The Kier molecular flexibility index (Phi) is 3.06. The molecule has 0 unspecified atom stereocenters. The van der Waals surface area contributed by atoms with Crippen molar-refractivity contribution in [3.63, 3.8) is 0 Å². The van der Waals surface area contributed by atoms with Gasteiger partial charge in [-0.3, -0.25) is 9.69 Å². The first-order valence-electron chi connectivity index (χ1n) is 6.48. The largest absolute Gasteiger partial charge is 0.508 e. The number of hydrogen-bond acceptors (Lipinski definition) is 3. The van der Waals surface area contributed by atoms with Gasteiger partial charge in [-0.25, -0.2) is 0 Å². The smallest absolute Gasteiger partial charge is 0.231 e. The summed E-state index contributed by atoms with van der Waals surface area (Å²) in [5.74, 6) is 1.05. The summed E-state index contributed by atoms with van der Waals surface area (Å²) >= 11 is 0. The lowest BCUT2D eigenvalue weighted by molar-refractivity contribution is -0.118. The fourth-order valence-electron chi connectivity index (χ4n) is 2.49. The highest BCUT2D eigenvalue weighted by molar-refractivity contribution is 6.03. The number of phenols is 1. The van der Waals surface area contributed by atoms with E-state index in [0.29, 0.717) is 12.8 Å². The molecule has 0 fully saturated rings. The topological polar surface area (TPSA) is 49.8 Å². The van der Waals surface area contributed by atoms with Crippen LogP contribution in [0, 0.1) is 0 Å². The van der Waals surface area contributed by atoms with Gasteiger partial charge in [0.15, 0.2) is 0 Å². The van der Waals surface area contributed by atoms with Crippen molar-refractivity contribution >= 4 is 17.3 Å². The fourth-order valence-corrected chi connectivity index (χ4v) is 2.49. The maximum atomic E-state index is 12.2. The van der Waals surface area contributed by atoms with Crippen molar-refractivity contribution in [3.8, 4) is 11.5 Å². The van der Waals surface area contributed by atoms with Gasteiger partial charge in [-0.1, -0.05) is 0 Å². The van der Waals surface area contributed by atoms with Crippen molar-refractivity contribution in [3.05, 3.63) is 48.0 Å². The highest BCUT2D eigenvalue weighted by Gasteiger charge is 2.25. The first-order chi connectivity index (χ1) is 9.69. The highest BCUT2D eigenvalue weighted by atomic mass is 16.5. The van der Waals surface area contributed by atoms with Crippen molar-refractivity contribution in [1.29, 1.82) is 0 Å². The molecule has 1 aliphatic rings. The average Bonchev–Trinajstić information content (AvgIpc) is 2.48. The number of rotatable bonds is 2. The van der Waals surface area contributed by atoms with Crippen molar-refractivity contribution in [2.24, 2.45) is 0 Å². The SMILES string of the molecule is COc1ccc(N2C(=O)CCc3cc(O)ccc32)cc1. The fraction of sp³-hybridized carbons (Fsp3) is 0.188. The Morgan fingerprint density at radius 1 is 1.10 bits per heavy atom. The predicted octanol–water partition coefficient (Wildman–Crippen LogP) is 3.01. The summed E-state index contributed by atoms with van der Waals surface area (Å²) in [6.07, 6.45) is 1.11. The number of carbonyl (C=O) groups excluding carboxylic acids is 1. The van der Waals surface area contributed by atoms with E-state index in [1.807, 2.05) is 24.3 Å². The zero-order valence-electron chi connectivity index (χ0n) is 11.2. The van der Waals surface area contributed by atoms with Crippen LogP contribution in [0.2, 0.25) is 0 Å². The number of methoxy groups -OCH3 is 1. The number of benzene rings is 2. The molecular formula is C16H15NO3. The third kappa shape index (κ3) is 2.09. The summed E-state index contributed by atoms with van der Waals surface area (Å²) in [4.78, 5) is 13.9. The Hall–Kier alpha value is -2.49. The van der Waals surface area contributed by atoms with E-state index in [4.69, 9.17) is 4.74 Å². The number of anilines is 2. The second-order valence-corrected chi connectivity index (χ2v) is 4.74. The number of ether oxygens (including phenoxy) is 1. The molecule has 102 valence electrons. The zero-order valence-corrected chi connectivity index (χ0v) is 11.2. The molecule has 1 N–H and O–H groups in total. The van der Waals surface area contributed by atoms with Crippen LogP contribution in [0.4, 0.5) is 11.4 Å². The van der Waals surface area contributed by atoms with Crippen LogP contribution >= 0.6 is 0 Å². The van der Waals surface area contributed by atoms with Gasteiger partial charge in [0.05, 0.1) is 12.8 Å². The lowest BCUT2D eigenvalue weighted by Crippen LogP contribution is -2.30. The molecule has 20 heavy (non-hydrogen) atoms. The Bertz CT molecular complexity index is 649. The molecule has 1 amide bonds. The number of fused-ring (bicyclic) bond motifs is 1. The molecule has 1 heterocycles. The number of carbonyl (C=O) groups is 1. The summed E-state index contributed by atoms with van der Waals surface area (Å²) in [6, 6.07) is 12.5. The lowest BCUT2D eigenvalue weighted by atomic mass is 10.00. The number of aromatic hydroxyl groups is 1. The first-order valence-corrected chi connectivity index (χ1v) is 6.48. The molecule has 1 aliphatic heterocycles. The van der Waals surface area contributed by atoms with E-state index >= 15 is 0 Å². The van der Waals surface area contributed by atoms with Gasteiger partial charge >= 0.3 is 0 Å². The Morgan fingerprint density at radius 3 is 2.55 bits per heavy atom. The molecule has 2 aromatic rings. The summed E-state index contributed by atoms with van der Waals surface area (Å²) in [6.45, 7) is 0.